The van der Waals surface area contributed by atoms with Crippen LogP contribution < -0.4 is 32.3 Å². The fraction of sp³-hybridized carbons (Fsp3) is 0.627. The van der Waals surface area contributed by atoms with Crippen LogP contribution >= 0.6 is 54.0 Å². The second kappa shape index (κ2) is 73.7. The van der Waals surface area contributed by atoms with Crippen LogP contribution in [0.1, 0.15) is 123 Å². The van der Waals surface area contributed by atoms with Crippen LogP contribution in [-0.4, -0.2) is 192 Å². The van der Waals surface area contributed by atoms with E-state index >= 15 is 0 Å². The van der Waals surface area contributed by atoms with Crippen LogP contribution in [0.2, 0.25) is 0 Å². The van der Waals surface area contributed by atoms with E-state index in [1.165, 1.54) is 36.5 Å². The number of carboxylic acid groups (broad SMARTS) is 1. The Morgan fingerprint density at radius 3 is 1.04 bits per heavy atom. The topological polar surface area (TPSA) is 391 Å². The van der Waals surface area contributed by atoms with E-state index in [9.17, 15) is 47.9 Å². The van der Waals surface area contributed by atoms with Crippen LogP contribution in [0.25, 0.3) is 0 Å². The first-order valence-electron chi connectivity index (χ1n) is 28.3. The summed E-state index contributed by atoms with van der Waals surface area (Å²) in [7, 11) is 0. The van der Waals surface area contributed by atoms with Crippen molar-refractivity contribution in [3.8, 4) is 0 Å². The van der Waals surface area contributed by atoms with Crippen molar-refractivity contribution in [2.45, 2.75) is 147 Å². The number of nitrogens with one attached hydrogen (secondary N) is 5. The molecule has 0 aliphatic rings. The molecule has 0 aromatic heterocycles. The fourth-order valence-corrected chi connectivity index (χ4v) is 6.59. The van der Waals surface area contributed by atoms with Crippen LogP contribution in [0, 0.1) is 0 Å². The number of hydrogen-bond donors (Lipinski definition) is 9. The first kappa shape index (κ1) is 100. The number of carbonyl (C=O) groups is 10. The quantitative estimate of drug-likeness (QED) is 0.0172. The van der Waals surface area contributed by atoms with Crippen molar-refractivity contribution in [2.75, 3.05) is 92.4 Å². The maximum atomic E-state index is 12.7. The molecule has 10 N–H and O–H groups in total. The van der Waals surface area contributed by atoms with Crippen molar-refractivity contribution in [1.82, 2.24) is 26.6 Å². The molecular weight excluding hydrogens is 1260 g/mol. The number of rotatable bonds is 51. The first-order chi connectivity index (χ1) is 40.9. The molecule has 0 aliphatic heterocycles. The number of aliphatic carboxylic acids is 1. The lowest BCUT2D eigenvalue weighted by molar-refractivity contribution is -0.147. The second-order valence-electron chi connectivity index (χ2n) is 18.0. The highest BCUT2D eigenvalue weighted by Gasteiger charge is 2.29. The highest BCUT2D eigenvalue weighted by Crippen LogP contribution is 2.09. The van der Waals surface area contributed by atoms with E-state index in [2.05, 4.69) is 66.1 Å². The molecule has 0 aromatic carbocycles. The normalized spacial score (nSPS) is 10.9. The van der Waals surface area contributed by atoms with Crippen molar-refractivity contribution < 1.29 is 101 Å². The predicted octanol–water partition coefficient (Wildman–Crippen LogP) is 4.69. The number of ether oxygens (including phenoxy) is 8. The molecule has 0 radical (unpaired) electrons. The summed E-state index contributed by atoms with van der Waals surface area (Å²) in [6.07, 6.45) is 16.2. The Bertz CT molecular complexity index is 1980. The molecule has 0 rings (SSSR count). The summed E-state index contributed by atoms with van der Waals surface area (Å²) in [5.74, 6) is -4.81. The zero-order chi connectivity index (χ0) is 64.1. The van der Waals surface area contributed by atoms with E-state index in [0.717, 1.165) is 32.1 Å². The minimum absolute atomic E-state index is 0. The van der Waals surface area contributed by atoms with E-state index in [-0.39, 0.29) is 159 Å². The SMILES string of the molecule is C.C=CCOC(=O)CCC(NC(=O)N[C@@H](CCCCN)C(=O)OCC=C)C(=O)OCC=C.C=CCOC(=O)CCC(NC(=O)N[C@@H](CCCCNC(=O)CCCCCOCCO)C(=O)OCC=C)C(=O)OCC=C.O=C(O)CCCCCOCCO.S.S.S.S. The van der Waals surface area contributed by atoms with E-state index in [4.69, 9.17) is 58.9 Å². The zero-order valence-electron chi connectivity index (χ0n) is 51.4. The standard InChI is InChI=1S/C29H47N3O10.C21H33N3O7.C8H16O4.CH4.4H2S/c1-4-18-40-26(35)15-14-24(28(37)42-20-6-3)32-29(38)31-23(27(36)41-19-5-2)12-9-10-16-30-25(34)13-8-7-11-21-39-22-17-33;1-4-13-29-18(25)11-10-17(20(27)31-15-6-3)24-21(28)23-16(9-7-8-12-22)19(26)30-14-5-2;9-5-7-12-6-3-1-2-4-8(10)11;;;;;/h4-6,23-24,33H,1-3,7-22H2,(H,30,34)(H2,31,32,38);4-6,16-17H,1-3,7-15,22H2,(H2,23,24,28);9H,1-7H2,(H,10,11);1H4;4*1H2/t23-,24?;16-,17?;;;;;;/m00....../s1. The van der Waals surface area contributed by atoms with Crippen LogP contribution in [-0.2, 0) is 76.3 Å². The van der Waals surface area contributed by atoms with E-state index in [1.807, 2.05) is 0 Å². The molecule has 0 heterocycles. The summed E-state index contributed by atoms with van der Waals surface area (Å²) < 4.78 is 40.0. The highest BCUT2D eigenvalue weighted by atomic mass is 32.1. The summed E-state index contributed by atoms with van der Waals surface area (Å²) in [6, 6.07) is -5.90. The Balaban J connectivity index is -0.000000206. The number of hydrogen-bond acceptors (Lipinski definition) is 21. The number of amides is 5. The average Bonchev–Trinajstić information content (AvgIpc) is 3.58. The number of aliphatic hydroxyl groups excluding tert-OH is 2. The van der Waals surface area contributed by atoms with E-state index in [0.29, 0.717) is 84.5 Å². The third-order valence-corrected chi connectivity index (χ3v) is 10.8. The van der Waals surface area contributed by atoms with Crippen LogP contribution in [0.4, 0.5) is 9.59 Å². The minimum atomic E-state index is -1.19. The van der Waals surface area contributed by atoms with Crippen LogP contribution in [0.15, 0.2) is 75.9 Å². The van der Waals surface area contributed by atoms with Gasteiger partial charge in [0.2, 0.25) is 5.91 Å². The van der Waals surface area contributed by atoms with Gasteiger partial charge in [-0.1, -0.05) is 96.2 Å². The van der Waals surface area contributed by atoms with E-state index in [1.54, 1.807) is 0 Å². The summed E-state index contributed by atoms with van der Waals surface area (Å²) >= 11 is 0. The zero-order valence-corrected chi connectivity index (χ0v) is 55.4. The fourth-order valence-electron chi connectivity index (χ4n) is 6.59. The lowest BCUT2D eigenvalue weighted by Crippen LogP contribution is -2.52. The monoisotopic (exact) mass is 1360 g/mol. The van der Waals surface area contributed by atoms with Gasteiger partial charge in [0, 0.05) is 45.4 Å². The van der Waals surface area contributed by atoms with Gasteiger partial charge in [0.1, 0.15) is 63.8 Å². The van der Waals surface area contributed by atoms with Gasteiger partial charge in [-0.25, -0.2) is 28.8 Å². The molecule has 0 saturated carbocycles. The summed E-state index contributed by atoms with van der Waals surface area (Å²) in [5, 5.41) is 38.0. The molecule has 90 heavy (non-hydrogen) atoms. The van der Waals surface area contributed by atoms with E-state index < -0.39 is 78.0 Å². The Labute approximate surface area is 560 Å². The Hall–Kier alpha value is -6.06. The maximum absolute atomic E-state index is 12.7. The molecule has 4 atom stereocenters. The number of carboxylic acids is 1. The van der Waals surface area contributed by atoms with Gasteiger partial charge in [0.15, 0.2) is 0 Å². The molecule has 31 heteroatoms. The van der Waals surface area contributed by atoms with Crippen molar-refractivity contribution >= 4 is 114 Å². The maximum Gasteiger partial charge on any atom is 0.329 e. The van der Waals surface area contributed by atoms with Gasteiger partial charge in [-0.3, -0.25) is 19.2 Å². The third kappa shape index (κ3) is 64.9. The number of urea groups is 2. The van der Waals surface area contributed by atoms with Gasteiger partial charge in [-0.15, -0.1) is 0 Å². The molecule has 0 bridgehead atoms. The summed E-state index contributed by atoms with van der Waals surface area (Å²) in [5.41, 5.74) is 5.47. The molecule has 0 saturated heterocycles. The molecule has 0 aromatic rings. The van der Waals surface area contributed by atoms with Crippen molar-refractivity contribution in [3.05, 3.63) is 75.9 Å². The highest BCUT2D eigenvalue weighted by molar-refractivity contribution is 7.59. The molecular formula is C59H108N6O21S4. The molecule has 0 fully saturated rings. The molecule has 5 amide bonds. The molecule has 27 nitrogen and oxygen atoms in total. The molecule has 0 aliphatic carbocycles. The summed E-state index contributed by atoms with van der Waals surface area (Å²) in [4.78, 5) is 120. The molecule has 0 spiro atoms. The minimum Gasteiger partial charge on any atom is -0.481 e. The third-order valence-electron chi connectivity index (χ3n) is 10.8. The molecule has 524 valence electrons. The number of aliphatic hydroxyl groups is 2. The van der Waals surface area contributed by atoms with Gasteiger partial charge in [0.25, 0.3) is 0 Å². The number of esters is 6. The van der Waals surface area contributed by atoms with Gasteiger partial charge in [-0.2, -0.15) is 54.0 Å². The second-order valence-corrected chi connectivity index (χ2v) is 18.0. The van der Waals surface area contributed by atoms with Crippen molar-refractivity contribution in [2.24, 2.45) is 5.73 Å². The molecule has 2 unspecified atom stereocenters. The smallest absolute Gasteiger partial charge is 0.329 e. The van der Waals surface area contributed by atoms with Crippen molar-refractivity contribution in [1.29, 1.82) is 0 Å². The van der Waals surface area contributed by atoms with Crippen LogP contribution in [0.5, 0.6) is 0 Å². The lowest BCUT2D eigenvalue weighted by atomic mass is 10.1. The number of unbranched alkanes of at least 4 members (excludes halogenated alkanes) is 6. The van der Waals surface area contributed by atoms with Crippen LogP contribution in [0.3, 0.4) is 0 Å². The van der Waals surface area contributed by atoms with Gasteiger partial charge in [0.05, 0.1) is 26.4 Å². The average molecular weight is 1370 g/mol. The predicted molar refractivity (Wildman–Crippen MR) is 362 cm³/mol. The number of nitrogens with two attached hydrogens (primary N) is 1. The number of carbonyl (C=O) groups excluding carboxylic acids is 9. The Morgan fingerprint density at radius 1 is 0.400 bits per heavy atom. The Morgan fingerprint density at radius 2 is 0.722 bits per heavy atom. The first-order valence-corrected chi connectivity index (χ1v) is 28.3. The van der Waals surface area contributed by atoms with Gasteiger partial charge >= 0.3 is 53.8 Å². The lowest BCUT2D eigenvalue weighted by Gasteiger charge is -2.21. The largest absolute Gasteiger partial charge is 0.481 e. The van der Waals surface area contributed by atoms with Gasteiger partial charge < -0.3 is 85.5 Å². The summed E-state index contributed by atoms with van der Waals surface area (Å²) in [6.45, 7) is 23.4. The van der Waals surface area contributed by atoms with Crippen molar-refractivity contribution in [3.63, 3.8) is 0 Å². The Kier molecular flexibility index (Phi) is 82.0. The van der Waals surface area contributed by atoms with Gasteiger partial charge in [-0.05, 0) is 83.6 Å².